The van der Waals surface area contributed by atoms with E-state index in [1.807, 2.05) is 36.0 Å². The number of nitrogens with two attached hydrogens (primary N) is 1. The van der Waals surface area contributed by atoms with Gasteiger partial charge in [-0.2, -0.15) is 0 Å². The largest absolute Gasteiger partial charge is 0.465 e. The van der Waals surface area contributed by atoms with E-state index in [0.717, 1.165) is 16.5 Å². The summed E-state index contributed by atoms with van der Waals surface area (Å²) in [7, 11) is 1.99. The van der Waals surface area contributed by atoms with Crippen molar-refractivity contribution < 1.29 is 9.53 Å². The normalized spacial score (nSPS) is 12.6. The summed E-state index contributed by atoms with van der Waals surface area (Å²) in [6.07, 6.45) is 2.52. The van der Waals surface area contributed by atoms with Crippen molar-refractivity contribution in [2.75, 3.05) is 6.61 Å². The van der Waals surface area contributed by atoms with Crippen LogP contribution in [0.25, 0.3) is 10.9 Å². The summed E-state index contributed by atoms with van der Waals surface area (Å²) in [5.74, 6) is -0.342. The van der Waals surface area contributed by atoms with Crippen LogP contribution in [0, 0.1) is 0 Å². The second-order valence-electron chi connectivity index (χ2n) is 4.35. The number of aromatic nitrogens is 1. The highest BCUT2D eigenvalue weighted by Gasteiger charge is 2.17. The fourth-order valence-electron chi connectivity index (χ4n) is 2.16. The zero-order valence-electron chi connectivity index (χ0n) is 10.7. The van der Waals surface area contributed by atoms with Gasteiger partial charge in [0.1, 0.15) is 6.04 Å². The summed E-state index contributed by atoms with van der Waals surface area (Å²) in [5, 5.41) is 1.14. The number of carbonyl (C=O) groups excluding carboxylic acids is 1. The Morgan fingerprint density at radius 1 is 1.44 bits per heavy atom. The first-order valence-electron chi connectivity index (χ1n) is 6.08. The molecule has 0 saturated carbocycles. The number of para-hydroxylation sites is 1. The van der Waals surface area contributed by atoms with Gasteiger partial charge in [0.2, 0.25) is 0 Å². The molecule has 2 aromatic rings. The average molecular weight is 246 g/mol. The molecule has 4 nitrogen and oxygen atoms in total. The second-order valence-corrected chi connectivity index (χ2v) is 4.35. The molecule has 1 unspecified atom stereocenters. The lowest BCUT2D eigenvalue weighted by molar-refractivity contribution is -0.144. The van der Waals surface area contributed by atoms with E-state index in [0.29, 0.717) is 13.0 Å². The van der Waals surface area contributed by atoms with Crippen LogP contribution in [0.2, 0.25) is 0 Å². The first kappa shape index (κ1) is 12.6. The third kappa shape index (κ3) is 2.38. The van der Waals surface area contributed by atoms with Crippen molar-refractivity contribution >= 4 is 16.9 Å². The molecule has 2 rings (SSSR count). The quantitative estimate of drug-likeness (QED) is 0.834. The molecule has 0 radical (unpaired) electrons. The molecule has 0 aliphatic carbocycles. The van der Waals surface area contributed by atoms with Gasteiger partial charge in [-0.05, 0) is 18.6 Å². The number of ether oxygens (including phenoxy) is 1. The highest BCUT2D eigenvalue weighted by molar-refractivity contribution is 5.85. The minimum absolute atomic E-state index is 0.342. The third-order valence-electron chi connectivity index (χ3n) is 3.01. The van der Waals surface area contributed by atoms with Crippen molar-refractivity contribution in [1.82, 2.24) is 4.57 Å². The Labute approximate surface area is 106 Å². The Morgan fingerprint density at radius 2 is 2.17 bits per heavy atom. The molecule has 0 spiro atoms. The van der Waals surface area contributed by atoms with Crippen molar-refractivity contribution in [2.45, 2.75) is 19.4 Å². The predicted octanol–water partition coefficient (Wildman–Crippen LogP) is 1.61. The number of esters is 1. The Bertz CT molecular complexity index is 560. The number of aryl methyl sites for hydroxylation is 1. The molecule has 1 aromatic carbocycles. The number of carbonyl (C=O) groups is 1. The summed E-state index contributed by atoms with van der Waals surface area (Å²) in [5.41, 5.74) is 8.07. The van der Waals surface area contributed by atoms with E-state index in [9.17, 15) is 4.79 Å². The van der Waals surface area contributed by atoms with Gasteiger partial charge in [0.25, 0.3) is 0 Å². The molecule has 1 aromatic heterocycles. The maximum atomic E-state index is 11.5. The number of hydrogen-bond donors (Lipinski definition) is 1. The second kappa shape index (κ2) is 5.23. The fourth-order valence-corrected chi connectivity index (χ4v) is 2.16. The van der Waals surface area contributed by atoms with Gasteiger partial charge in [-0.1, -0.05) is 18.2 Å². The topological polar surface area (TPSA) is 57.2 Å². The molecule has 0 aliphatic rings. The van der Waals surface area contributed by atoms with Crippen molar-refractivity contribution in [3.63, 3.8) is 0 Å². The molecule has 0 bridgehead atoms. The molecule has 18 heavy (non-hydrogen) atoms. The van der Waals surface area contributed by atoms with Gasteiger partial charge >= 0.3 is 5.97 Å². The van der Waals surface area contributed by atoms with Crippen LogP contribution in [0.4, 0.5) is 0 Å². The van der Waals surface area contributed by atoms with Crippen LogP contribution < -0.4 is 5.73 Å². The summed E-state index contributed by atoms with van der Waals surface area (Å²) < 4.78 is 6.97. The van der Waals surface area contributed by atoms with E-state index in [4.69, 9.17) is 10.5 Å². The van der Waals surface area contributed by atoms with Crippen molar-refractivity contribution in [3.8, 4) is 0 Å². The Hall–Kier alpha value is -1.81. The molecule has 2 N–H and O–H groups in total. The fraction of sp³-hybridized carbons (Fsp3) is 0.357. The Morgan fingerprint density at radius 3 is 2.89 bits per heavy atom. The molecule has 0 saturated heterocycles. The lowest BCUT2D eigenvalue weighted by Gasteiger charge is -2.09. The number of rotatable bonds is 4. The lowest BCUT2D eigenvalue weighted by Crippen LogP contribution is -2.34. The van der Waals surface area contributed by atoms with E-state index in [-0.39, 0.29) is 5.97 Å². The zero-order chi connectivity index (χ0) is 13.1. The van der Waals surface area contributed by atoms with Crippen LogP contribution in [0.1, 0.15) is 12.5 Å². The Kier molecular flexibility index (Phi) is 3.67. The van der Waals surface area contributed by atoms with Gasteiger partial charge in [0, 0.05) is 30.6 Å². The van der Waals surface area contributed by atoms with Gasteiger partial charge in [-0.3, -0.25) is 4.79 Å². The van der Waals surface area contributed by atoms with E-state index < -0.39 is 6.04 Å². The summed E-state index contributed by atoms with van der Waals surface area (Å²) in [6, 6.07) is 7.48. The van der Waals surface area contributed by atoms with Crippen LogP contribution in [0.5, 0.6) is 0 Å². The number of nitrogens with zero attached hydrogens (tertiary/aromatic N) is 1. The summed E-state index contributed by atoms with van der Waals surface area (Å²) in [4.78, 5) is 11.5. The average Bonchev–Trinajstić information content (AvgIpc) is 2.67. The molecule has 96 valence electrons. The molecule has 0 fully saturated rings. The van der Waals surface area contributed by atoms with Gasteiger partial charge in [0.15, 0.2) is 0 Å². The first-order valence-corrected chi connectivity index (χ1v) is 6.08. The standard InChI is InChI=1S/C14H18N2O2/c1-3-18-14(17)12(15)8-10-9-16(2)13-7-5-4-6-11(10)13/h4-7,9,12H,3,8,15H2,1-2H3. The highest BCUT2D eigenvalue weighted by atomic mass is 16.5. The van der Waals surface area contributed by atoms with Crippen LogP contribution in [0.3, 0.4) is 0 Å². The van der Waals surface area contributed by atoms with E-state index in [2.05, 4.69) is 6.07 Å². The molecule has 1 atom stereocenters. The van der Waals surface area contributed by atoms with E-state index >= 15 is 0 Å². The summed E-state index contributed by atoms with van der Waals surface area (Å²) in [6.45, 7) is 2.14. The van der Waals surface area contributed by atoms with Crippen LogP contribution in [-0.2, 0) is 23.0 Å². The highest BCUT2D eigenvalue weighted by Crippen LogP contribution is 2.21. The maximum Gasteiger partial charge on any atom is 0.323 e. The molecular formula is C14H18N2O2. The molecule has 4 heteroatoms. The molecule has 0 amide bonds. The monoisotopic (exact) mass is 246 g/mol. The minimum Gasteiger partial charge on any atom is -0.465 e. The number of hydrogen-bond acceptors (Lipinski definition) is 3. The van der Waals surface area contributed by atoms with Crippen molar-refractivity contribution in [3.05, 3.63) is 36.0 Å². The maximum absolute atomic E-state index is 11.5. The van der Waals surface area contributed by atoms with Crippen LogP contribution >= 0.6 is 0 Å². The number of fused-ring (bicyclic) bond motifs is 1. The van der Waals surface area contributed by atoms with Crippen LogP contribution in [-0.4, -0.2) is 23.2 Å². The van der Waals surface area contributed by atoms with Crippen LogP contribution in [0.15, 0.2) is 30.5 Å². The van der Waals surface area contributed by atoms with Gasteiger partial charge in [-0.25, -0.2) is 0 Å². The minimum atomic E-state index is -0.601. The molecule has 1 heterocycles. The summed E-state index contributed by atoms with van der Waals surface area (Å²) >= 11 is 0. The van der Waals surface area contributed by atoms with Crippen molar-refractivity contribution in [1.29, 1.82) is 0 Å². The molecular weight excluding hydrogens is 228 g/mol. The van der Waals surface area contributed by atoms with E-state index in [1.165, 1.54) is 0 Å². The van der Waals surface area contributed by atoms with Gasteiger partial charge in [0.05, 0.1) is 6.61 Å². The van der Waals surface area contributed by atoms with E-state index in [1.54, 1.807) is 6.92 Å². The number of benzene rings is 1. The third-order valence-corrected chi connectivity index (χ3v) is 3.01. The predicted molar refractivity (Wildman–Crippen MR) is 71.2 cm³/mol. The Balaban J connectivity index is 2.24. The van der Waals surface area contributed by atoms with Crippen molar-refractivity contribution in [2.24, 2.45) is 12.8 Å². The lowest BCUT2D eigenvalue weighted by atomic mass is 10.1. The van der Waals surface area contributed by atoms with Gasteiger partial charge in [-0.15, -0.1) is 0 Å². The SMILES string of the molecule is CCOC(=O)C(N)Cc1cn(C)c2ccccc12. The van der Waals surface area contributed by atoms with Gasteiger partial charge < -0.3 is 15.0 Å². The first-order chi connectivity index (χ1) is 8.63. The zero-order valence-corrected chi connectivity index (χ0v) is 10.7. The smallest absolute Gasteiger partial charge is 0.323 e. The molecule has 0 aliphatic heterocycles.